The third-order valence-electron chi connectivity index (χ3n) is 4.03. The highest BCUT2D eigenvalue weighted by Crippen LogP contribution is 2.27. The topological polar surface area (TPSA) is 85.0 Å². The molecule has 0 saturated carbocycles. The first-order valence-electron chi connectivity index (χ1n) is 8.04. The third-order valence-corrected chi connectivity index (χ3v) is 4.86. The van der Waals surface area contributed by atoms with Crippen LogP contribution in [0.2, 0.25) is 0 Å². The number of hydrogen-bond donors (Lipinski definition) is 0. The maximum absolute atomic E-state index is 12.4. The first kappa shape index (κ1) is 16.9. The van der Waals surface area contributed by atoms with E-state index in [2.05, 4.69) is 20.1 Å². The zero-order valence-corrected chi connectivity index (χ0v) is 15.0. The predicted molar refractivity (Wildman–Crippen MR) is 89.8 cm³/mol. The Balaban J connectivity index is 1.50. The highest BCUT2D eigenvalue weighted by atomic mass is 32.2. The predicted octanol–water partition coefficient (Wildman–Crippen LogP) is 2.28. The van der Waals surface area contributed by atoms with Crippen molar-refractivity contribution in [2.45, 2.75) is 44.7 Å². The molecule has 7 nitrogen and oxygen atoms in total. The molecule has 1 aliphatic heterocycles. The SMILES string of the molecule is Cc1cc(C)nc(SCC(=O)N2CCC(c3nc(C)no3)CC2)n1. The molecule has 0 aliphatic carbocycles. The number of hydrogen-bond acceptors (Lipinski definition) is 7. The molecular weight excluding hydrogens is 326 g/mol. The van der Waals surface area contributed by atoms with Gasteiger partial charge in [-0.15, -0.1) is 0 Å². The summed E-state index contributed by atoms with van der Waals surface area (Å²) in [5, 5.41) is 4.50. The molecule has 2 aromatic heterocycles. The summed E-state index contributed by atoms with van der Waals surface area (Å²) >= 11 is 1.40. The number of piperidine rings is 1. The van der Waals surface area contributed by atoms with Crippen LogP contribution in [0.4, 0.5) is 0 Å². The number of amides is 1. The van der Waals surface area contributed by atoms with Crippen molar-refractivity contribution < 1.29 is 9.32 Å². The van der Waals surface area contributed by atoms with Crippen molar-refractivity contribution in [3.05, 3.63) is 29.2 Å². The van der Waals surface area contributed by atoms with E-state index in [4.69, 9.17) is 4.52 Å². The molecule has 8 heteroatoms. The lowest BCUT2D eigenvalue weighted by Gasteiger charge is -2.30. The second-order valence-electron chi connectivity index (χ2n) is 6.06. The standard InChI is InChI=1S/C16H21N5O2S/c1-10-8-11(2)18-16(17-10)24-9-14(22)21-6-4-13(5-7-21)15-19-12(3)20-23-15/h8,13H,4-7,9H2,1-3H3. The molecular formula is C16H21N5O2S. The quantitative estimate of drug-likeness (QED) is 0.619. The average Bonchev–Trinajstić information content (AvgIpc) is 2.98. The van der Waals surface area contributed by atoms with Crippen LogP contribution < -0.4 is 0 Å². The Morgan fingerprint density at radius 1 is 1.21 bits per heavy atom. The van der Waals surface area contributed by atoms with E-state index in [1.807, 2.05) is 31.7 Å². The first-order chi connectivity index (χ1) is 11.5. The smallest absolute Gasteiger partial charge is 0.233 e. The van der Waals surface area contributed by atoms with Gasteiger partial charge in [-0.05, 0) is 39.7 Å². The molecule has 0 bridgehead atoms. The number of carbonyl (C=O) groups is 1. The molecule has 1 amide bonds. The minimum Gasteiger partial charge on any atom is -0.342 e. The minimum absolute atomic E-state index is 0.128. The largest absolute Gasteiger partial charge is 0.342 e. The minimum atomic E-state index is 0.128. The summed E-state index contributed by atoms with van der Waals surface area (Å²) in [7, 11) is 0. The van der Waals surface area contributed by atoms with Crippen molar-refractivity contribution in [1.82, 2.24) is 25.0 Å². The Morgan fingerprint density at radius 2 is 1.88 bits per heavy atom. The molecule has 1 fully saturated rings. The summed E-state index contributed by atoms with van der Waals surface area (Å²) in [5.74, 6) is 2.10. The lowest BCUT2D eigenvalue weighted by atomic mass is 9.97. The van der Waals surface area contributed by atoms with Crippen LogP contribution in [0.1, 0.15) is 41.9 Å². The average molecular weight is 347 g/mol. The molecule has 1 aliphatic rings. The summed E-state index contributed by atoms with van der Waals surface area (Å²) < 4.78 is 5.24. The molecule has 2 aromatic rings. The van der Waals surface area contributed by atoms with Crippen LogP contribution in [0.25, 0.3) is 0 Å². The van der Waals surface area contributed by atoms with Gasteiger partial charge in [0.15, 0.2) is 11.0 Å². The van der Waals surface area contributed by atoms with Crippen LogP contribution in [-0.4, -0.2) is 49.8 Å². The first-order valence-corrected chi connectivity index (χ1v) is 9.03. The Hall–Kier alpha value is -1.96. The van der Waals surface area contributed by atoms with Gasteiger partial charge in [0, 0.05) is 30.4 Å². The second kappa shape index (κ2) is 7.29. The van der Waals surface area contributed by atoms with E-state index in [0.29, 0.717) is 22.6 Å². The molecule has 0 unspecified atom stereocenters. The van der Waals surface area contributed by atoms with Gasteiger partial charge >= 0.3 is 0 Å². The number of thioether (sulfide) groups is 1. The number of nitrogens with zero attached hydrogens (tertiary/aromatic N) is 5. The molecule has 0 aromatic carbocycles. The molecule has 0 radical (unpaired) electrons. The number of aromatic nitrogens is 4. The van der Waals surface area contributed by atoms with Crippen LogP contribution in [0.15, 0.2) is 15.7 Å². The fraction of sp³-hybridized carbons (Fsp3) is 0.562. The molecule has 128 valence electrons. The number of rotatable bonds is 4. The summed E-state index contributed by atoms with van der Waals surface area (Å²) in [5.41, 5.74) is 1.85. The maximum Gasteiger partial charge on any atom is 0.233 e. The Morgan fingerprint density at radius 3 is 2.46 bits per heavy atom. The van der Waals surface area contributed by atoms with E-state index >= 15 is 0 Å². The highest BCUT2D eigenvalue weighted by molar-refractivity contribution is 7.99. The van der Waals surface area contributed by atoms with Gasteiger partial charge in [-0.2, -0.15) is 4.98 Å². The molecule has 3 rings (SSSR count). The second-order valence-corrected chi connectivity index (χ2v) is 7.00. The van der Waals surface area contributed by atoms with Crippen LogP contribution in [-0.2, 0) is 4.79 Å². The lowest BCUT2D eigenvalue weighted by molar-refractivity contribution is -0.129. The van der Waals surface area contributed by atoms with E-state index in [-0.39, 0.29) is 11.8 Å². The van der Waals surface area contributed by atoms with Gasteiger partial charge < -0.3 is 9.42 Å². The molecule has 0 N–H and O–H groups in total. The zero-order valence-electron chi connectivity index (χ0n) is 14.2. The lowest BCUT2D eigenvalue weighted by Crippen LogP contribution is -2.39. The van der Waals surface area contributed by atoms with E-state index in [1.165, 1.54) is 11.8 Å². The maximum atomic E-state index is 12.4. The van der Waals surface area contributed by atoms with Gasteiger partial charge in [-0.3, -0.25) is 4.79 Å². The van der Waals surface area contributed by atoms with Gasteiger partial charge in [-0.25, -0.2) is 9.97 Å². The summed E-state index contributed by atoms with van der Waals surface area (Å²) in [6.07, 6.45) is 1.72. The van der Waals surface area contributed by atoms with Crippen molar-refractivity contribution in [2.75, 3.05) is 18.8 Å². The summed E-state index contributed by atoms with van der Waals surface area (Å²) in [6.45, 7) is 7.13. The van der Waals surface area contributed by atoms with Gasteiger partial charge in [0.2, 0.25) is 11.8 Å². The van der Waals surface area contributed by atoms with E-state index in [9.17, 15) is 4.79 Å². The molecule has 1 saturated heterocycles. The van der Waals surface area contributed by atoms with Gasteiger partial charge in [-0.1, -0.05) is 16.9 Å². The Labute approximate surface area is 145 Å². The van der Waals surface area contributed by atoms with E-state index in [0.717, 1.165) is 37.3 Å². The van der Waals surface area contributed by atoms with Crippen molar-refractivity contribution in [3.8, 4) is 0 Å². The zero-order chi connectivity index (χ0) is 17.1. The normalized spacial score (nSPS) is 15.7. The van der Waals surface area contributed by atoms with Crippen LogP contribution >= 0.6 is 11.8 Å². The summed E-state index contributed by atoms with van der Waals surface area (Å²) in [4.78, 5) is 27.3. The van der Waals surface area contributed by atoms with E-state index in [1.54, 1.807) is 0 Å². The Kier molecular flexibility index (Phi) is 5.13. The fourth-order valence-electron chi connectivity index (χ4n) is 2.83. The number of aryl methyl sites for hydroxylation is 3. The Bertz CT molecular complexity index is 705. The van der Waals surface area contributed by atoms with Crippen molar-refractivity contribution in [1.29, 1.82) is 0 Å². The van der Waals surface area contributed by atoms with Crippen molar-refractivity contribution >= 4 is 17.7 Å². The fourth-order valence-corrected chi connectivity index (χ4v) is 3.68. The van der Waals surface area contributed by atoms with Crippen LogP contribution in [0.3, 0.4) is 0 Å². The van der Waals surface area contributed by atoms with E-state index < -0.39 is 0 Å². The van der Waals surface area contributed by atoms with Gasteiger partial charge in [0.05, 0.1) is 5.75 Å². The molecule has 0 spiro atoms. The highest BCUT2D eigenvalue weighted by Gasteiger charge is 2.27. The molecule has 0 atom stereocenters. The number of carbonyl (C=O) groups excluding carboxylic acids is 1. The van der Waals surface area contributed by atoms with Gasteiger partial charge in [0.1, 0.15) is 0 Å². The van der Waals surface area contributed by atoms with Crippen LogP contribution in [0, 0.1) is 20.8 Å². The third kappa shape index (κ3) is 4.11. The summed E-state index contributed by atoms with van der Waals surface area (Å²) in [6, 6.07) is 1.93. The van der Waals surface area contributed by atoms with Crippen molar-refractivity contribution in [2.24, 2.45) is 0 Å². The number of likely N-dealkylation sites (tertiary alicyclic amines) is 1. The van der Waals surface area contributed by atoms with Gasteiger partial charge in [0.25, 0.3) is 0 Å². The van der Waals surface area contributed by atoms with Crippen molar-refractivity contribution in [3.63, 3.8) is 0 Å². The monoisotopic (exact) mass is 347 g/mol. The van der Waals surface area contributed by atoms with Crippen LogP contribution in [0.5, 0.6) is 0 Å². The molecule has 3 heterocycles. The molecule has 24 heavy (non-hydrogen) atoms.